The number of thiophene rings is 1. The van der Waals surface area contributed by atoms with E-state index in [2.05, 4.69) is 16.0 Å². The number of thioether (sulfide) groups is 1. The van der Waals surface area contributed by atoms with Gasteiger partial charge in [-0.05, 0) is 60.7 Å². The van der Waals surface area contributed by atoms with Crippen LogP contribution in [0.1, 0.15) is 24.8 Å². The second-order valence-corrected chi connectivity index (χ2v) is 9.01. The van der Waals surface area contributed by atoms with Gasteiger partial charge in [0.15, 0.2) is 5.17 Å². The molecule has 2 aliphatic heterocycles. The number of aromatic nitrogens is 2. The summed E-state index contributed by atoms with van der Waals surface area (Å²) in [5.74, 6) is -0.153. The van der Waals surface area contributed by atoms with E-state index in [1.165, 1.54) is 31.0 Å². The van der Waals surface area contributed by atoms with Crippen LogP contribution < -0.4 is 0 Å². The van der Waals surface area contributed by atoms with Crippen LogP contribution in [0, 0.1) is 0 Å². The Morgan fingerprint density at radius 3 is 2.59 bits per heavy atom. The number of carbonyl (C=O) groups excluding carboxylic acids is 1. The van der Waals surface area contributed by atoms with Crippen LogP contribution in [-0.2, 0) is 4.79 Å². The predicted molar refractivity (Wildman–Crippen MR) is 120 cm³/mol. The van der Waals surface area contributed by atoms with Crippen molar-refractivity contribution in [3.8, 4) is 16.3 Å². The standard InChI is InChI=1S/C22H20N4OS2/c27-21-19(29-22(23-21)25-11-5-2-6-12-25)14-16-15-26(17-8-3-1-4-9-17)24-20(16)18-10-7-13-28-18/h1,3-4,7-10,13-15H,2,5-6,11-12H2/b19-14-. The lowest BCUT2D eigenvalue weighted by Crippen LogP contribution is -2.33. The molecule has 2 aliphatic rings. The Labute approximate surface area is 177 Å². The average Bonchev–Trinajstić information content (AvgIpc) is 3.50. The number of benzene rings is 1. The van der Waals surface area contributed by atoms with Gasteiger partial charge in [-0.15, -0.1) is 11.3 Å². The average molecular weight is 421 g/mol. The van der Waals surface area contributed by atoms with Crippen LogP contribution in [0.4, 0.5) is 0 Å². The van der Waals surface area contributed by atoms with Crippen molar-refractivity contribution in [1.82, 2.24) is 14.7 Å². The number of likely N-dealkylation sites (tertiary alicyclic amines) is 1. The zero-order valence-electron chi connectivity index (χ0n) is 15.8. The van der Waals surface area contributed by atoms with Crippen LogP contribution in [0.2, 0.25) is 0 Å². The van der Waals surface area contributed by atoms with Crippen molar-refractivity contribution in [2.24, 2.45) is 4.99 Å². The summed E-state index contributed by atoms with van der Waals surface area (Å²) in [6.07, 6.45) is 7.52. The molecule has 0 spiro atoms. The van der Waals surface area contributed by atoms with Gasteiger partial charge in [0.1, 0.15) is 5.69 Å². The lowest BCUT2D eigenvalue weighted by Gasteiger charge is -2.27. The molecule has 0 radical (unpaired) electrons. The molecule has 1 saturated heterocycles. The van der Waals surface area contributed by atoms with Gasteiger partial charge in [-0.1, -0.05) is 24.3 Å². The van der Waals surface area contributed by atoms with Crippen LogP contribution in [-0.4, -0.2) is 38.8 Å². The minimum absolute atomic E-state index is 0.153. The van der Waals surface area contributed by atoms with E-state index in [0.29, 0.717) is 4.91 Å². The first-order valence-corrected chi connectivity index (χ1v) is 11.4. The van der Waals surface area contributed by atoms with Crippen molar-refractivity contribution in [1.29, 1.82) is 0 Å². The number of nitrogens with zero attached hydrogens (tertiary/aromatic N) is 4. The predicted octanol–water partition coefficient (Wildman–Crippen LogP) is 5.06. The highest BCUT2D eigenvalue weighted by molar-refractivity contribution is 8.18. The molecule has 0 saturated carbocycles. The number of hydrogen-bond acceptors (Lipinski definition) is 5. The third kappa shape index (κ3) is 3.80. The Hall–Kier alpha value is -2.64. The Morgan fingerprint density at radius 1 is 1.00 bits per heavy atom. The molecule has 4 heterocycles. The lowest BCUT2D eigenvalue weighted by atomic mass is 10.1. The van der Waals surface area contributed by atoms with Crippen molar-refractivity contribution >= 4 is 40.2 Å². The molecule has 1 amide bonds. The van der Waals surface area contributed by atoms with Crippen LogP contribution in [0.15, 0.2) is 63.9 Å². The zero-order chi connectivity index (χ0) is 19.6. The lowest BCUT2D eigenvalue weighted by molar-refractivity contribution is -0.113. The van der Waals surface area contributed by atoms with Gasteiger partial charge in [0.05, 0.1) is 15.5 Å². The molecule has 5 nitrogen and oxygen atoms in total. The number of para-hydroxylation sites is 1. The van der Waals surface area contributed by atoms with Gasteiger partial charge in [-0.2, -0.15) is 10.1 Å². The van der Waals surface area contributed by atoms with Gasteiger partial charge < -0.3 is 4.90 Å². The summed E-state index contributed by atoms with van der Waals surface area (Å²) in [6, 6.07) is 14.1. The second-order valence-electron chi connectivity index (χ2n) is 7.05. The minimum atomic E-state index is -0.153. The van der Waals surface area contributed by atoms with Crippen LogP contribution in [0.25, 0.3) is 22.3 Å². The summed E-state index contributed by atoms with van der Waals surface area (Å²) in [6.45, 7) is 1.97. The highest BCUT2D eigenvalue weighted by Crippen LogP contribution is 2.35. The summed E-state index contributed by atoms with van der Waals surface area (Å²) in [5, 5.41) is 7.70. The van der Waals surface area contributed by atoms with Crippen molar-refractivity contribution in [3.05, 3.63) is 64.5 Å². The topological polar surface area (TPSA) is 50.5 Å². The number of amidine groups is 1. The van der Waals surface area contributed by atoms with E-state index >= 15 is 0 Å². The van der Waals surface area contributed by atoms with Gasteiger partial charge in [0.25, 0.3) is 5.91 Å². The number of piperidine rings is 1. The number of amides is 1. The molecule has 7 heteroatoms. The number of carbonyl (C=O) groups is 1. The molecule has 29 heavy (non-hydrogen) atoms. The number of rotatable bonds is 3. The first kappa shape index (κ1) is 18.4. The quantitative estimate of drug-likeness (QED) is 0.556. The maximum atomic E-state index is 12.6. The van der Waals surface area contributed by atoms with E-state index in [1.54, 1.807) is 11.3 Å². The smallest absolute Gasteiger partial charge is 0.286 e. The first-order valence-electron chi connectivity index (χ1n) is 9.74. The van der Waals surface area contributed by atoms with Crippen molar-refractivity contribution in [2.75, 3.05) is 13.1 Å². The molecule has 0 aliphatic carbocycles. The molecule has 5 rings (SSSR count). The fraction of sp³-hybridized carbons (Fsp3) is 0.227. The maximum absolute atomic E-state index is 12.6. The molecule has 1 fully saturated rings. The van der Waals surface area contributed by atoms with Gasteiger partial charge in [0, 0.05) is 24.8 Å². The second kappa shape index (κ2) is 8.00. The van der Waals surface area contributed by atoms with Crippen molar-refractivity contribution < 1.29 is 4.79 Å². The molecule has 0 atom stereocenters. The van der Waals surface area contributed by atoms with Gasteiger partial charge in [0.2, 0.25) is 0 Å². The van der Waals surface area contributed by atoms with Crippen LogP contribution in [0.3, 0.4) is 0 Å². The third-order valence-corrected chi connectivity index (χ3v) is 6.96. The summed E-state index contributed by atoms with van der Waals surface area (Å²) < 4.78 is 1.87. The Bertz CT molecular complexity index is 1080. The van der Waals surface area contributed by atoms with E-state index < -0.39 is 0 Å². The number of aliphatic imine (C=N–C) groups is 1. The third-order valence-electron chi connectivity index (χ3n) is 5.04. The number of hydrogen-bond donors (Lipinski definition) is 0. The highest BCUT2D eigenvalue weighted by atomic mass is 32.2. The van der Waals surface area contributed by atoms with Crippen molar-refractivity contribution in [2.45, 2.75) is 19.3 Å². The Kier molecular flexibility index (Phi) is 5.08. The van der Waals surface area contributed by atoms with Gasteiger partial charge in [-0.3, -0.25) is 4.79 Å². The fourth-order valence-electron chi connectivity index (χ4n) is 3.57. The molecule has 1 aromatic carbocycles. The monoisotopic (exact) mass is 420 g/mol. The molecule has 0 bridgehead atoms. The molecule has 0 unspecified atom stereocenters. The maximum Gasteiger partial charge on any atom is 0.286 e. The summed E-state index contributed by atoms with van der Waals surface area (Å²) in [4.78, 5) is 20.9. The molecular formula is C22H20N4OS2. The minimum Gasteiger partial charge on any atom is -0.351 e. The first-order chi connectivity index (χ1) is 14.3. The van der Waals surface area contributed by atoms with E-state index in [-0.39, 0.29) is 5.91 Å². The SMILES string of the molecule is O=C1N=C(N2CCCCC2)S/C1=C\c1cn(-c2ccccc2)nc1-c1cccs1. The van der Waals surface area contributed by atoms with Crippen molar-refractivity contribution in [3.63, 3.8) is 0 Å². The van der Waals surface area contributed by atoms with E-state index in [4.69, 9.17) is 5.10 Å². The van der Waals surface area contributed by atoms with Gasteiger partial charge >= 0.3 is 0 Å². The van der Waals surface area contributed by atoms with E-state index in [1.807, 2.05) is 58.7 Å². The zero-order valence-corrected chi connectivity index (χ0v) is 17.5. The normalized spacial score (nSPS) is 18.5. The summed E-state index contributed by atoms with van der Waals surface area (Å²) >= 11 is 3.13. The van der Waals surface area contributed by atoms with Crippen LogP contribution in [0.5, 0.6) is 0 Å². The van der Waals surface area contributed by atoms with E-state index in [0.717, 1.165) is 40.1 Å². The molecular weight excluding hydrogens is 400 g/mol. The largest absolute Gasteiger partial charge is 0.351 e. The fourth-order valence-corrected chi connectivity index (χ4v) is 5.26. The Balaban J connectivity index is 1.49. The highest BCUT2D eigenvalue weighted by Gasteiger charge is 2.27. The summed E-state index contributed by atoms with van der Waals surface area (Å²) in [7, 11) is 0. The molecule has 146 valence electrons. The van der Waals surface area contributed by atoms with E-state index in [9.17, 15) is 4.79 Å². The Morgan fingerprint density at radius 2 is 1.83 bits per heavy atom. The van der Waals surface area contributed by atoms with Crippen LogP contribution >= 0.6 is 23.1 Å². The summed E-state index contributed by atoms with van der Waals surface area (Å²) in [5.41, 5.74) is 2.81. The molecule has 0 N–H and O–H groups in total. The molecule has 2 aromatic heterocycles. The van der Waals surface area contributed by atoms with Gasteiger partial charge in [-0.25, -0.2) is 4.68 Å². The molecule has 3 aromatic rings.